The lowest BCUT2D eigenvalue weighted by Crippen LogP contribution is -2.24. The summed E-state index contributed by atoms with van der Waals surface area (Å²) >= 11 is 0. The number of hydrogen-bond acceptors (Lipinski definition) is 2. The number of rotatable bonds is 3. The molecule has 1 heterocycles. The van der Waals surface area contributed by atoms with E-state index in [2.05, 4.69) is 10.3 Å². The summed E-state index contributed by atoms with van der Waals surface area (Å²) in [7, 11) is 0. The molecule has 0 fully saturated rings. The van der Waals surface area contributed by atoms with Crippen LogP contribution < -0.4 is 10.9 Å². The zero-order chi connectivity index (χ0) is 17.1. The van der Waals surface area contributed by atoms with E-state index < -0.39 is 11.5 Å². The van der Waals surface area contributed by atoms with Gasteiger partial charge in [-0.15, -0.1) is 0 Å². The molecule has 1 aromatic heterocycles. The number of aromatic amines is 1. The van der Waals surface area contributed by atoms with Crippen molar-refractivity contribution in [1.82, 2.24) is 4.98 Å². The fraction of sp³-hybridized carbons (Fsp3) is 0.100. The first-order valence-corrected chi connectivity index (χ1v) is 7.72. The van der Waals surface area contributed by atoms with Crippen molar-refractivity contribution >= 4 is 11.6 Å². The van der Waals surface area contributed by atoms with Crippen molar-refractivity contribution in [2.24, 2.45) is 0 Å². The number of nitrogens with one attached hydrogen (secondary N) is 2. The van der Waals surface area contributed by atoms with Crippen LogP contribution >= 0.6 is 0 Å². The third-order valence-corrected chi connectivity index (χ3v) is 3.90. The second-order valence-corrected chi connectivity index (χ2v) is 5.73. The molecule has 0 aliphatic heterocycles. The minimum absolute atomic E-state index is 0.115. The number of carbonyl (C=O) groups is 1. The maximum atomic E-state index is 12.7. The molecule has 0 saturated carbocycles. The summed E-state index contributed by atoms with van der Waals surface area (Å²) in [5.74, 6) is -0.414. The number of aromatic nitrogens is 1. The minimum atomic E-state index is -0.414. The molecule has 1 amide bonds. The van der Waals surface area contributed by atoms with Crippen molar-refractivity contribution in [1.29, 1.82) is 0 Å². The average molecular weight is 318 g/mol. The molecule has 2 aromatic carbocycles. The van der Waals surface area contributed by atoms with Gasteiger partial charge in [0, 0.05) is 17.4 Å². The minimum Gasteiger partial charge on any atom is -0.328 e. The lowest BCUT2D eigenvalue weighted by atomic mass is 10.0. The van der Waals surface area contributed by atoms with E-state index >= 15 is 0 Å². The van der Waals surface area contributed by atoms with Crippen molar-refractivity contribution in [3.05, 3.63) is 87.8 Å². The Morgan fingerprint density at radius 1 is 1.00 bits per heavy atom. The van der Waals surface area contributed by atoms with E-state index in [1.807, 2.05) is 62.4 Å². The van der Waals surface area contributed by atoms with Crippen LogP contribution in [0.25, 0.3) is 11.1 Å². The van der Waals surface area contributed by atoms with Gasteiger partial charge in [-0.2, -0.15) is 0 Å². The number of hydrogen-bond donors (Lipinski definition) is 2. The Hall–Kier alpha value is -3.14. The molecule has 0 atom stereocenters. The van der Waals surface area contributed by atoms with Crippen LogP contribution in [-0.4, -0.2) is 10.9 Å². The summed E-state index contributed by atoms with van der Waals surface area (Å²) in [6.07, 6.45) is 1.55. The molecule has 0 aliphatic carbocycles. The molecule has 0 bridgehead atoms. The molecule has 3 aromatic rings. The number of anilines is 1. The SMILES string of the molecule is Cc1ccc(NC(=O)c2c(-c3ccccc3)cc[nH]c2=O)c(C)c1. The van der Waals surface area contributed by atoms with Gasteiger partial charge in [-0.1, -0.05) is 48.0 Å². The summed E-state index contributed by atoms with van der Waals surface area (Å²) < 4.78 is 0. The molecule has 0 radical (unpaired) electrons. The van der Waals surface area contributed by atoms with Gasteiger partial charge in [0.15, 0.2) is 0 Å². The highest BCUT2D eigenvalue weighted by Crippen LogP contribution is 2.22. The molecule has 24 heavy (non-hydrogen) atoms. The fourth-order valence-corrected chi connectivity index (χ4v) is 2.70. The molecule has 4 heteroatoms. The zero-order valence-corrected chi connectivity index (χ0v) is 13.6. The molecule has 0 unspecified atom stereocenters. The highest BCUT2D eigenvalue weighted by Gasteiger charge is 2.17. The lowest BCUT2D eigenvalue weighted by Gasteiger charge is -2.11. The number of benzene rings is 2. The predicted molar refractivity (Wildman–Crippen MR) is 96.4 cm³/mol. The number of aryl methyl sites for hydroxylation is 2. The monoisotopic (exact) mass is 318 g/mol. The molecule has 120 valence electrons. The van der Waals surface area contributed by atoms with Crippen molar-refractivity contribution < 1.29 is 4.79 Å². The molecule has 0 aliphatic rings. The topological polar surface area (TPSA) is 62.0 Å². The van der Waals surface area contributed by atoms with Gasteiger partial charge in [-0.3, -0.25) is 9.59 Å². The lowest BCUT2D eigenvalue weighted by molar-refractivity contribution is 0.102. The highest BCUT2D eigenvalue weighted by atomic mass is 16.2. The van der Waals surface area contributed by atoms with E-state index in [1.165, 1.54) is 0 Å². The molecule has 2 N–H and O–H groups in total. The summed E-state index contributed by atoms with van der Waals surface area (Å²) in [5, 5.41) is 2.85. The molecular formula is C20H18N2O2. The van der Waals surface area contributed by atoms with E-state index in [-0.39, 0.29) is 5.56 Å². The second-order valence-electron chi connectivity index (χ2n) is 5.73. The number of H-pyrrole nitrogens is 1. The van der Waals surface area contributed by atoms with Crippen molar-refractivity contribution in [2.45, 2.75) is 13.8 Å². The molecule has 0 spiro atoms. The van der Waals surface area contributed by atoms with Crippen molar-refractivity contribution in [2.75, 3.05) is 5.32 Å². The smallest absolute Gasteiger partial charge is 0.261 e. The van der Waals surface area contributed by atoms with E-state index in [0.29, 0.717) is 11.3 Å². The molecule has 0 saturated heterocycles. The molecular weight excluding hydrogens is 300 g/mol. The van der Waals surface area contributed by atoms with E-state index in [1.54, 1.807) is 12.3 Å². The van der Waals surface area contributed by atoms with Crippen molar-refractivity contribution in [3.8, 4) is 11.1 Å². The molecule has 3 rings (SSSR count). The zero-order valence-electron chi connectivity index (χ0n) is 13.6. The van der Waals surface area contributed by atoms with E-state index in [0.717, 1.165) is 16.7 Å². The normalized spacial score (nSPS) is 10.4. The van der Waals surface area contributed by atoms with E-state index in [9.17, 15) is 9.59 Å². The van der Waals surface area contributed by atoms with Gasteiger partial charge < -0.3 is 10.3 Å². The predicted octanol–water partition coefficient (Wildman–Crippen LogP) is 3.91. The summed E-state index contributed by atoms with van der Waals surface area (Å²) in [4.78, 5) is 27.6. The first-order valence-electron chi connectivity index (χ1n) is 7.72. The van der Waals surface area contributed by atoms with E-state index in [4.69, 9.17) is 0 Å². The van der Waals surface area contributed by atoms with Crippen LogP contribution in [0.1, 0.15) is 21.5 Å². The van der Waals surface area contributed by atoms with Gasteiger partial charge in [0.05, 0.1) is 0 Å². The van der Waals surface area contributed by atoms with Crippen LogP contribution in [0.2, 0.25) is 0 Å². The Labute approximate surface area is 140 Å². The summed E-state index contributed by atoms with van der Waals surface area (Å²) in [6.45, 7) is 3.92. The summed E-state index contributed by atoms with van der Waals surface area (Å²) in [6, 6.07) is 16.9. The van der Waals surface area contributed by atoms with Crippen LogP contribution in [-0.2, 0) is 0 Å². The fourth-order valence-electron chi connectivity index (χ4n) is 2.70. The average Bonchev–Trinajstić information content (AvgIpc) is 2.58. The van der Waals surface area contributed by atoms with Gasteiger partial charge in [0.1, 0.15) is 5.56 Å². The Balaban J connectivity index is 2.03. The van der Waals surface area contributed by atoms with Gasteiger partial charge >= 0.3 is 0 Å². The van der Waals surface area contributed by atoms with Gasteiger partial charge in [-0.25, -0.2) is 0 Å². The van der Waals surface area contributed by atoms with Gasteiger partial charge in [-0.05, 0) is 37.1 Å². The van der Waals surface area contributed by atoms with Crippen LogP contribution in [0.15, 0.2) is 65.6 Å². The number of pyridine rings is 1. The van der Waals surface area contributed by atoms with Gasteiger partial charge in [0.2, 0.25) is 0 Å². The Bertz CT molecular complexity index is 943. The Kier molecular flexibility index (Phi) is 4.29. The second kappa shape index (κ2) is 6.54. The maximum absolute atomic E-state index is 12.7. The maximum Gasteiger partial charge on any atom is 0.261 e. The first-order chi connectivity index (χ1) is 11.6. The van der Waals surface area contributed by atoms with Crippen LogP contribution in [0.5, 0.6) is 0 Å². The summed E-state index contributed by atoms with van der Waals surface area (Å²) in [5.41, 5.74) is 3.93. The van der Waals surface area contributed by atoms with Crippen LogP contribution in [0.4, 0.5) is 5.69 Å². The Morgan fingerprint density at radius 2 is 1.75 bits per heavy atom. The first kappa shape index (κ1) is 15.7. The number of carbonyl (C=O) groups excluding carboxylic acids is 1. The number of amides is 1. The van der Waals surface area contributed by atoms with Crippen LogP contribution in [0, 0.1) is 13.8 Å². The van der Waals surface area contributed by atoms with Gasteiger partial charge in [0.25, 0.3) is 11.5 Å². The van der Waals surface area contributed by atoms with Crippen molar-refractivity contribution in [3.63, 3.8) is 0 Å². The van der Waals surface area contributed by atoms with Crippen LogP contribution in [0.3, 0.4) is 0 Å². The standard InChI is InChI=1S/C20H18N2O2/c1-13-8-9-17(14(2)12-13)22-20(24)18-16(10-11-21-19(18)23)15-6-4-3-5-7-15/h3-12H,1-2H3,(H,21,23)(H,22,24). The third-order valence-electron chi connectivity index (χ3n) is 3.90. The third kappa shape index (κ3) is 3.13. The highest BCUT2D eigenvalue weighted by molar-refractivity contribution is 6.08. The Morgan fingerprint density at radius 3 is 2.46 bits per heavy atom. The largest absolute Gasteiger partial charge is 0.328 e. The molecule has 4 nitrogen and oxygen atoms in total. The quantitative estimate of drug-likeness (QED) is 0.769.